The van der Waals surface area contributed by atoms with Crippen molar-refractivity contribution in [2.75, 3.05) is 6.54 Å². The number of nitrogens with one attached hydrogen (secondary N) is 1. The Kier molecular flexibility index (Phi) is 5.85. The summed E-state index contributed by atoms with van der Waals surface area (Å²) >= 11 is 0. The number of aryl methyl sites for hydroxylation is 1. The lowest BCUT2D eigenvalue weighted by Gasteiger charge is -2.09. The van der Waals surface area contributed by atoms with Gasteiger partial charge in [-0.3, -0.25) is 9.59 Å². The van der Waals surface area contributed by atoms with E-state index in [-0.39, 0.29) is 12.3 Å². The van der Waals surface area contributed by atoms with Crippen molar-refractivity contribution in [1.29, 1.82) is 0 Å². The van der Waals surface area contributed by atoms with E-state index in [0.717, 1.165) is 24.1 Å². The highest BCUT2D eigenvalue weighted by Crippen LogP contribution is 2.14. The molecule has 0 fully saturated rings. The topological polar surface area (TPSA) is 97.1 Å². The van der Waals surface area contributed by atoms with Crippen LogP contribution in [0.1, 0.15) is 41.6 Å². The third-order valence-corrected chi connectivity index (χ3v) is 3.49. The lowest BCUT2D eigenvalue weighted by molar-refractivity contribution is -0.137. The van der Waals surface area contributed by atoms with Crippen molar-refractivity contribution in [2.24, 2.45) is 0 Å². The Morgan fingerprint density at radius 1 is 1.26 bits per heavy atom. The van der Waals surface area contributed by atoms with Gasteiger partial charge in [-0.1, -0.05) is 6.42 Å². The summed E-state index contributed by atoms with van der Waals surface area (Å²) in [4.78, 5) is 26.5. The van der Waals surface area contributed by atoms with Crippen LogP contribution in [0, 0.1) is 6.92 Å². The minimum absolute atomic E-state index is 0.120. The van der Waals surface area contributed by atoms with Crippen molar-refractivity contribution >= 4 is 11.9 Å². The molecule has 1 aromatic heterocycles. The van der Waals surface area contributed by atoms with Gasteiger partial charge in [0.2, 0.25) is 0 Å². The maximum Gasteiger partial charge on any atom is 0.303 e. The Labute approximate surface area is 134 Å². The van der Waals surface area contributed by atoms with Crippen LogP contribution >= 0.6 is 0 Å². The minimum Gasteiger partial charge on any atom is -0.481 e. The summed E-state index contributed by atoms with van der Waals surface area (Å²) < 4.78 is 1.64. The van der Waals surface area contributed by atoms with E-state index >= 15 is 0 Å². The van der Waals surface area contributed by atoms with Crippen molar-refractivity contribution < 1.29 is 14.7 Å². The summed E-state index contributed by atoms with van der Waals surface area (Å²) in [5, 5.41) is 15.5. The summed E-state index contributed by atoms with van der Waals surface area (Å²) in [6, 6.07) is 5.48. The lowest BCUT2D eigenvalue weighted by Crippen LogP contribution is -2.25. The van der Waals surface area contributed by atoms with Gasteiger partial charge in [0.25, 0.3) is 5.91 Å². The molecule has 0 bridgehead atoms. The summed E-state index contributed by atoms with van der Waals surface area (Å²) in [6.07, 6.45) is 5.44. The van der Waals surface area contributed by atoms with Gasteiger partial charge in [-0.25, -0.2) is 9.67 Å². The molecule has 122 valence electrons. The second-order valence-electron chi connectivity index (χ2n) is 5.30. The van der Waals surface area contributed by atoms with Crippen LogP contribution in [0.15, 0.2) is 30.9 Å². The molecule has 7 nitrogen and oxygen atoms in total. The summed E-state index contributed by atoms with van der Waals surface area (Å²) in [5.74, 6) is -0.900. The molecule has 1 aromatic carbocycles. The van der Waals surface area contributed by atoms with Gasteiger partial charge in [0.15, 0.2) is 0 Å². The number of rotatable bonds is 8. The molecule has 2 aromatic rings. The Bertz CT molecular complexity index is 668. The minimum atomic E-state index is -0.780. The van der Waals surface area contributed by atoms with Gasteiger partial charge in [-0.15, -0.1) is 0 Å². The molecule has 23 heavy (non-hydrogen) atoms. The second-order valence-corrected chi connectivity index (χ2v) is 5.30. The van der Waals surface area contributed by atoms with Gasteiger partial charge in [0, 0.05) is 18.5 Å². The molecular weight excluding hydrogens is 296 g/mol. The fourth-order valence-corrected chi connectivity index (χ4v) is 2.26. The fourth-order valence-electron chi connectivity index (χ4n) is 2.26. The number of nitrogens with zero attached hydrogens (tertiary/aromatic N) is 3. The number of unbranched alkanes of at least 4 members (excludes halogenated alkanes) is 2. The number of hydrogen-bond donors (Lipinski definition) is 2. The number of benzene rings is 1. The van der Waals surface area contributed by atoms with E-state index in [1.165, 1.54) is 6.33 Å². The van der Waals surface area contributed by atoms with Crippen LogP contribution in [0.3, 0.4) is 0 Å². The first-order chi connectivity index (χ1) is 11.1. The van der Waals surface area contributed by atoms with Gasteiger partial charge in [-0.05, 0) is 43.5 Å². The van der Waals surface area contributed by atoms with E-state index in [2.05, 4.69) is 15.4 Å². The summed E-state index contributed by atoms with van der Waals surface area (Å²) in [5.41, 5.74) is 2.34. The zero-order valence-electron chi connectivity index (χ0n) is 13.0. The van der Waals surface area contributed by atoms with Crippen LogP contribution in [0.4, 0.5) is 0 Å². The zero-order valence-corrected chi connectivity index (χ0v) is 13.0. The molecule has 0 saturated heterocycles. The van der Waals surface area contributed by atoms with Crippen LogP contribution in [0.2, 0.25) is 0 Å². The van der Waals surface area contributed by atoms with Gasteiger partial charge >= 0.3 is 5.97 Å². The van der Waals surface area contributed by atoms with Crippen LogP contribution in [0.25, 0.3) is 5.69 Å². The highest BCUT2D eigenvalue weighted by atomic mass is 16.4. The number of aromatic nitrogens is 3. The van der Waals surface area contributed by atoms with Crippen molar-refractivity contribution in [1.82, 2.24) is 20.1 Å². The molecule has 0 spiro atoms. The fraction of sp³-hybridized carbons (Fsp3) is 0.375. The first-order valence-corrected chi connectivity index (χ1v) is 7.53. The number of aliphatic carboxylic acids is 1. The van der Waals surface area contributed by atoms with Crippen molar-refractivity contribution in [3.05, 3.63) is 42.0 Å². The standard InChI is InChI=1S/C16H20N4O3/c1-12-9-13(20-11-17-10-19-20)6-7-14(12)16(23)18-8-4-2-3-5-15(21)22/h6-7,9-11H,2-5,8H2,1H3,(H,18,23)(H,21,22). The number of carbonyl (C=O) groups is 2. The third-order valence-electron chi connectivity index (χ3n) is 3.49. The molecule has 0 aliphatic carbocycles. The van der Waals surface area contributed by atoms with E-state index < -0.39 is 5.97 Å². The van der Waals surface area contributed by atoms with Crippen LogP contribution in [-0.4, -0.2) is 38.3 Å². The van der Waals surface area contributed by atoms with Gasteiger partial charge in [-0.2, -0.15) is 5.10 Å². The molecule has 2 N–H and O–H groups in total. The molecule has 0 saturated carbocycles. The Morgan fingerprint density at radius 3 is 2.74 bits per heavy atom. The van der Waals surface area contributed by atoms with Crippen LogP contribution in [-0.2, 0) is 4.79 Å². The smallest absolute Gasteiger partial charge is 0.303 e. The molecule has 0 radical (unpaired) electrons. The molecule has 0 aliphatic rings. The van der Waals surface area contributed by atoms with E-state index in [9.17, 15) is 9.59 Å². The Hall–Kier alpha value is -2.70. The van der Waals surface area contributed by atoms with Gasteiger partial charge < -0.3 is 10.4 Å². The highest BCUT2D eigenvalue weighted by molar-refractivity contribution is 5.95. The normalized spacial score (nSPS) is 10.5. The molecular formula is C16H20N4O3. The first kappa shape index (κ1) is 16.7. The quantitative estimate of drug-likeness (QED) is 0.726. The van der Waals surface area contributed by atoms with E-state index in [1.807, 2.05) is 19.1 Å². The number of carboxylic acids is 1. The number of carbonyl (C=O) groups excluding carboxylic acids is 1. The lowest BCUT2D eigenvalue weighted by atomic mass is 10.1. The highest BCUT2D eigenvalue weighted by Gasteiger charge is 2.09. The monoisotopic (exact) mass is 316 g/mol. The average molecular weight is 316 g/mol. The molecule has 0 unspecified atom stereocenters. The zero-order chi connectivity index (χ0) is 16.7. The first-order valence-electron chi connectivity index (χ1n) is 7.53. The SMILES string of the molecule is Cc1cc(-n2cncn2)ccc1C(=O)NCCCCCC(=O)O. The molecule has 1 heterocycles. The van der Waals surface area contributed by atoms with Gasteiger partial charge in [0.1, 0.15) is 12.7 Å². The van der Waals surface area contributed by atoms with Crippen molar-refractivity contribution in [2.45, 2.75) is 32.6 Å². The Balaban J connectivity index is 1.84. The van der Waals surface area contributed by atoms with Crippen LogP contribution in [0.5, 0.6) is 0 Å². The van der Waals surface area contributed by atoms with Crippen molar-refractivity contribution in [3.8, 4) is 5.69 Å². The molecule has 0 aliphatic heterocycles. The summed E-state index contributed by atoms with van der Waals surface area (Å²) in [6.45, 7) is 2.42. The van der Waals surface area contributed by atoms with E-state index in [1.54, 1.807) is 17.1 Å². The van der Waals surface area contributed by atoms with Gasteiger partial charge in [0.05, 0.1) is 5.69 Å². The van der Waals surface area contributed by atoms with E-state index in [0.29, 0.717) is 18.5 Å². The molecule has 0 atom stereocenters. The van der Waals surface area contributed by atoms with E-state index in [4.69, 9.17) is 5.11 Å². The number of amides is 1. The summed E-state index contributed by atoms with van der Waals surface area (Å²) in [7, 11) is 0. The number of hydrogen-bond acceptors (Lipinski definition) is 4. The van der Waals surface area contributed by atoms with Crippen LogP contribution < -0.4 is 5.32 Å². The predicted octanol–water partition coefficient (Wildman–Crippen LogP) is 1.95. The van der Waals surface area contributed by atoms with Crippen molar-refractivity contribution in [3.63, 3.8) is 0 Å². The molecule has 7 heteroatoms. The number of carboxylic acid groups (broad SMARTS) is 1. The maximum atomic E-state index is 12.2. The molecule has 2 rings (SSSR count). The third kappa shape index (κ3) is 4.91. The average Bonchev–Trinajstić information content (AvgIpc) is 3.04. The maximum absolute atomic E-state index is 12.2. The largest absolute Gasteiger partial charge is 0.481 e. The second kappa shape index (κ2) is 8.07. The molecule has 1 amide bonds. The predicted molar refractivity (Wildman–Crippen MR) is 84.5 cm³/mol. The Morgan fingerprint density at radius 2 is 2.09 bits per heavy atom.